The van der Waals surface area contributed by atoms with Crippen LogP contribution in [0.25, 0.3) is 0 Å². The van der Waals surface area contributed by atoms with Gasteiger partial charge in [0.25, 0.3) is 0 Å². The summed E-state index contributed by atoms with van der Waals surface area (Å²) in [5.74, 6) is 4.38. The minimum Gasteiger partial charge on any atom is -0.444 e. The Kier molecular flexibility index (Phi) is 8.85. The lowest BCUT2D eigenvalue weighted by Gasteiger charge is -2.35. The molecule has 27 heavy (non-hydrogen) atoms. The first-order valence-corrected chi connectivity index (χ1v) is 10.2. The van der Waals surface area contributed by atoms with Crippen molar-refractivity contribution in [2.75, 3.05) is 39.8 Å². The number of aromatic nitrogens is 1. The number of rotatable bonds is 4. The van der Waals surface area contributed by atoms with Crippen molar-refractivity contribution in [3.8, 4) is 0 Å². The molecular formula is C20H36IN5O. The molecule has 2 fully saturated rings. The number of hydrogen-bond donors (Lipinski definition) is 1. The van der Waals surface area contributed by atoms with Crippen molar-refractivity contribution < 1.29 is 4.42 Å². The van der Waals surface area contributed by atoms with Gasteiger partial charge in [-0.25, -0.2) is 4.98 Å². The molecule has 154 valence electrons. The van der Waals surface area contributed by atoms with Crippen molar-refractivity contribution in [1.82, 2.24) is 20.1 Å². The number of nitrogens with zero attached hydrogens (tertiary/aromatic N) is 4. The van der Waals surface area contributed by atoms with E-state index in [0.717, 1.165) is 74.4 Å². The highest BCUT2D eigenvalue weighted by atomic mass is 127. The molecular weight excluding hydrogens is 453 g/mol. The summed E-state index contributed by atoms with van der Waals surface area (Å²) in [5, 5.41) is 3.63. The third-order valence-electron chi connectivity index (χ3n) is 5.86. The number of piperidine rings is 2. The minimum atomic E-state index is 0. The zero-order chi connectivity index (χ0) is 18.5. The third kappa shape index (κ3) is 6.34. The van der Waals surface area contributed by atoms with Gasteiger partial charge in [-0.3, -0.25) is 9.89 Å². The molecule has 0 aromatic carbocycles. The molecule has 0 saturated carbocycles. The first kappa shape index (κ1) is 22.5. The average molecular weight is 489 g/mol. The number of halogens is 1. The number of nitrogens with one attached hydrogen (secondary N) is 1. The second-order valence-electron chi connectivity index (χ2n) is 8.09. The number of hydrogen-bond acceptors (Lipinski definition) is 4. The molecule has 1 atom stereocenters. The third-order valence-corrected chi connectivity index (χ3v) is 5.86. The molecule has 2 aliphatic rings. The van der Waals surface area contributed by atoms with Crippen LogP contribution in [0.1, 0.15) is 50.0 Å². The van der Waals surface area contributed by atoms with Gasteiger partial charge in [-0.2, -0.15) is 0 Å². The van der Waals surface area contributed by atoms with E-state index < -0.39 is 0 Å². The van der Waals surface area contributed by atoms with Gasteiger partial charge in [-0.15, -0.1) is 24.0 Å². The molecule has 0 radical (unpaired) electrons. The largest absolute Gasteiger partial charge is 0.444 e. The SMILES string of the molecule is CN=C(NCC1CCN(Cc2nc(C)c(C)o2)CC1)N1CCCC(C)C1.I. The normalized spacial score (nSPS) is 22.6. The van der Waals surface area contributed by atoms with Crippen molar-refractivity contribution in [3.05, 3.63) is 17.3 Å². The van der Waals surface area contributed by atoms with Gasteiger partial charge in [0.15, 0.2) is 5.96 Å². The lowest BCUT2D eigenvalue weighted by molar-refractivity contribution is 0.163. The maximum atomic E-state index is 5.73. The van der Waals surface area contributed by atoms with Crippen LogP contribution in [0.5, 0.6) is 0 Å². The van der Waals surface area contributed by atoms with Gasteiger partial charge >= 0.3 is 0 Å². The quantitative estimate of drug-likeness (QED) is 0.399. The molecule has 2 saturated heterocycles. The van der Waals surface area contributed by atoms with Crippen molar-refractivity contribution >= 4 is 29.9 Å². The predicted octanol–water partition coefficient (Wildman–Crippen LogP) is 3.43. The first-order chi connectivity index (χ1) is 12.5. The van der Waals surface area contributed by atoms with Gasteiger partial charge in [0.2, 0.25) is 5.89 Å². The monoisotopic (exact) mass is 489 g/mol. The lowest BCUT2D eigenvalue weighted by Crippen LogP contribution is -2.48. The van der Waals surface area contributed by atoms with Gasteiger partial charge in [-0.1, -0.05) is 6.92 Å². The Morgan fingerprint density at radius 1 is 1.22 bits per heavy atom. The number of likely N-dealkylation sites (tertiary alicyclic amines) is 2. The fourth-order valence-electron chi connectivity index (χ4n) is 4.10. The van der Waals surface area contributed by atoms with Crippen LogP contribution < -0.4 is 5.32 Å². The summed E-state index contributed by atoms with van der Waals surface area (Å²) in [6.07, 6.45) is 5.06. The summed E-state index contributed by atoms with van der Waals surface area (Å²) < 4.78 is 5.73. The molecule has 6 nitrogen and oxygen atoms in total. The maximum absolute atomic E-state index is 5.73. The van der Waals surface area contributed by atoms with Crippen LogP contribution in [-0.4, -0.2) is 60.5 Å². The van der Waals surface area contributed by atoms with Crippen LogP contribution in [0.3, 0.4) is 0 Å². The highest BCUT2D eigenvalue weighted by Crippen LogP contribution is 2.20. The summed E-state index contributed by atoms with van der Waals surface area (Å²) in [7, 11) is 1.91. The zero-order valence-corrected chi connectivity index (χ0v) is 19.7. The Labute approximate surface area is 181 Å². The summed E-state index contributed by atoms with van der Waals surface area (Å²) in [5.41, 5.74) is 1.01. The first-order valence-electron chi connectivity index (χ1n) is 10.2. The van der Waals surface area contributed by atoms with Gasteiger partial charge in [0.1, 0.15) is 5.76 Å². The predicted molar refractivity (Wildman–Crippen MR) is 121 cm³/mol. The van der Waals surface area contributed by atoms with Crippen molar-refractivity contribution in [3.63, 3.8) is 0 Å². The molecule has 1 unspecified atom stereocenters. The second kappa shape index (κ2) is 10.6. The maximum Gasteiger partial charge on any atom is 0.208 e. The van der Waals surface area contributed by atoms with E-state index in [-0.39, 0.29) is 24.0 Å². The molecule has 3 heterocycles. The van der Waals surface area contributed by atoms with Crippen molar-refractivity contribution in [2.45, 2.75) is 53.0 Å². The van der Waals surface area contributed by atoms with E-state index in [1.54, 1.807) is 0 Å². The van der Waals surface area contributed by atoms with Gasteiger partial charge in [-0.05, 0) is 64.5 Å². The van der Waals surface area contributed by atoms with Crippen LogP contribution in [-0.2, 0) is 6.54 Å². The number of guanidine groups is 1. The fraction of sp³-hybridized carbons (Fsp3) is 0.800. The molecule has 2 aliphatic heterocycles. The topological polar surface area (TPSA) is 56.9 Å². The molecule has 0 aliphatic carbocycles. The van der Waals surface area contributed by atoms with Crippen LogP contribution in [0, 0.1) is 25.7 Å². The highest BCUT2D eigenvalue weighted by molar-refractivity contribution is 14.0. The molecule has 1 aromatic heterocycles. The smallest absolute Gasteiger partial charge is 0.208 e. The van der Waals surface area contributed by atoms with Crippen LogP contribution in [0.2, 0.25) is 0 Å². The van der Waals surface area contributed by atoms with E-state index in [0.29, 0.717) is 0 Å². The van der Waals surface area contributed by atoms with E-state index in [9.17, 15) is 0 Å². The molecule has 1 aromatic rings. The average Bonchev–Trinajstić information content (AvgIpc) is 2.94. The van der Waals surface area contributed by atoms with Crippen LogP contribution in [0.4, 0.5) is 0 Å². The molecule has 3 rings (SSSR count). The molecule has 0 amide bonds. The van der Waals surface area contributed by atoms with E-state index >= 15 is 0 Å². The summed E-state index contributed by atoms with van der Waals surface area (Å²) >= 11 is 0. The Balaban J connectivity index is 0.00000261. The molecule has 0 spiro atoms. The van der Waals surface area contributed by atoms with Crippen molar-refractivity contribution in [1.29, 1.82) is 0 Å². The molecule has 0 bridgehead atoms. The second-order valence-corrected chi connectivity index (χ2v) is 8.09. The van der Waals surface area contributed by atoms with E-state index in [2.05, 4.69) is 32.0 Å². The van der Waals surface area contributed by atoms with E-state index in [1.165, 1.54) is 25.7 Å². The Morgan fingerprint density at radius 2 is 1.96 bits per heavy atom. The van der Waals surface area contributed by atoms with Crippen LogP contribution in [0.15, 0.2) is 9.41 Å². The summed E-state index contributed by atoms with van der Waals surface area (Å²) in [6, 6.07) is 0. The number of aryl methyl sites for hydroxylation is 2. The zero-order valence-electron chi connectivity index (χ0n) is 17.3. The van der Waals surface area contributed by atoms with E-state index in [1.807, 2.05) is 20.9 Å². The molecule has 1 N–H and O–H groups in total. The fourth-order valence-corrected chi connectivity index (χ4v) is 4.10. The Morgan fingerprint density at radius 3 is 2.56 bits per heavy atom. The van der Waals surface area contributed by atoms with Crippen LogP contribution >= 0.6 is 24.0 Å². The van der Waals surface area contributed by atoms with Gasteiger partial charge in [0, 0.05) is 26.7 Å². The highest BCUT2D eigenvalue weighted by Gasteiger charge is 2.23. The summed E-state index contributed by atoms with van der Waals surface area (Å²) in [4.78, 5) is 13.9. The Bertz CT molecular complexity index is 590. The van der Waals surface area contributed by atoms with E-state index in [4.69, 9.17) is 4.42 Å². The number of oxazole rings is 1. The number of aliphatic imine (C=N–C) groups is 1. The standard InChI is InChI=1S/C20H35N5O.HI/c1-15-6-5-9-25(13-15)20(21-4)22-12-18-7-10-24(11-8-18)14-19-23-16(2)17(3)26-19;/h15,18H,5-14H2,1-4H3,(H,21,22);1H. The van der Waals surface area contributed by atoms with Crippen molar-refractivity contribution in [2.24, 2.45) is 16.8 Å². The lowest BCUT2D eigenvalue weighted by atomic mass is 9.96. The van der Waals surface area contributed by atoms with Gasteiger partial charge in [0.05, 0.1) is 12.2 Å². The summed E-state index contributed by atoms with van der Waals surface area (Å²) in [6.45, 7) is 12.7. The minimum absolute atomic E-state index is 0. The van der Waals surface area contributed by atoms with Gasteiger partial charge < -0.3 is 14.6 Å². The Hall–Kier alpha value is -0.830. The molecule has 7 heteroatoms.